The lowest BCUT2D eigenvalue weighted by Gasteiger charge is -2.15. The van der Waals surface area contributed by atoms with Crippen LogP contribution in [0.3, 0.4) is 0 Å². The molecule has 3 aromatic heterocycles. The number of likely N-dealkylation sites (tertiary alicyclic amines) is 1. The summed E-state index contributed by atoms with van der Waals surface area (Å²) in [6, 6.07) is 2.01. The Bertz CT molecular complexity index is 1090. The van der Waals surface area contributed by atoms with E-state index in [1.807, 2.05) is 18.5 Å². The van der Waals surface area contributed by atoms with Crippen LogP contribution in [0.25, 0.3) is 20.8 Å². The quantitative estimate of drug-likeness (QED) is 0.613. The summed E-state index contributed by atoms with van der Waals surface area (Å²) in [6.07, 6.45) is 9.23. The lowest BCUT2D eigenvalue weighted by molar-refractivity contribution is -0.116. The van der Waals surface area contributed by atoms with Crippen molar-refractivity contribution in [3.05, 3.63) is 28.9 Å². The third kappa shape index (κ3) is 3.45. The first-order valence-electron chi connectivity index (χ1n) is 10.8. The predicted molar refractivity (Wildman–Crippen MR) is 126 cm³/mol. The van der Waals surface area contributed by atoms with E-state index in [-0.39, 0.29) is 8.76 Å². The van der Waals surface area contributed by atoms with Gasteiger partial charge in [-0.05, 0) is 55.8 Å². The molecule has 0 radical (unpaired) electrons. The molecule has 1 spiro atoms. The van der Waals surface area contributed by atoms with Gasteiger partial charge in [-0.2, -0.15) is 0 Å². The fraction of sp³-hybridized carbons (Fsp3) is 0.500. The normalized spacial score (nSPS) is 20.0. The zero-order chi connectivity index (χ0) is 20.1. The van der Waals surface area contributed by atoms with Gasteiger partial charge in [0.15, 0.2) is 0 Å². The molecule has 2 fully saturated rings. The molecule has 2 N–H and O–H groups in total. The van der Waals surface area contributed by atoms with Gasteiger partial charge in [-0.1, -0.05) is 0 Å². The van der Waals surface area contributed by atoms with Crippen molar-refractivity contribution in [2.24, 2.45) is 5.41 Å². The van der Waals surface area contributed by atoms with Crippen molar-refractivity contribution in [3.63, 3.8) is 0 Å². The van der Waals surface area contributed by atoms with Gasteiger partial charge in [-0.25, -0.2) is 4.98 Å². The van der Waals surface area contributed by atoms with Crippen molar-refractivity contribution in [1.29, 1.82) is 0 Å². The minimum atomic E-state index is 0. The fourth-order valence-electron chi connectivity index (χ4n) is 4.79. The maximum absolute atomic E-state index is 12.8. The smallest absolute Gasteiger partial charge is 0.226 e. The summed E-state index contributed by atoms with van der Waals surface area (Å²) in [6.45, 7) is 5.03. The van der Waals surface area contributed by atoms with Gasteiger partial charge in [-0.3, -0.25) is 9.78 Å². The Morgan fingerprint density at radius 2 is 2.27 bits per heavy atom. The molecule has 6 nitrogen and oxygen atoms in total. The van der Waals surface area contributed by atoms with Crippen LogP contribution in [-0.2, 0) is 17.8 Å². The molecule has 160 valence electrons. The summed E-state index contributed by atoms with van der Waals surface area (Å²) in [5.74, 6) is 0.113. The lowest BCUT2D eigenvalue weighted by Crippen LogP contribution is -2.26. The summed E-state index contributed by atoms with van der Waals surface area (Å²) in [5.41, 5.74) is 4.01. The molecule has 6 rings (SSSR count). The molecule has 1 aliphatic carbocycles. The molecule has 3 aromatic rings. The third-order valence-electron chi connectivity index (χ3n) is 6.71. The number of carbonyl (C=O) groups is 1. The number of thiophene rings is 1. The van der Waals surface area contributed by atoms with Crippen LogP contribution in [0.2, 0.25) is 0 Å². The van der Waals surface area contributed by atoms with Crippen LogP contribution in [0.4, 0.5) is 5.00 Å². The third-order valence-corrected chi connectivity index (χ3v) is 8.92. The Kier molecular flexibility index (Phi) is 4.63. The summed E-state index contributed by atoms with van der Waals surface area (Å²) < 4.78 is 1.13. The van der Waals surface area contributed by atoms with Gasteiger partial charge in [0, 0.05) is 45.5 Å². The van der Waals surface area contributed by atoms with Crippen molar-refractivity contribution in [2.75, 3.05) is 31.5 Å². The van der Waals surface area contributed by atoms with E-state index in [0.29, 0.717) is 11.8 Å². The molecular formula is C22H29N5OS2. The fourth-order valence-corrected chi connectivity index (χ4v) is 7.10. The second kappa shape index (κ2) is 7.37. The first kappa shape index (κ1) is 18.9. The zero-order valence-corrected chi connectivity index (χ0v) is 18.5. The van der Waals surface area contributed by atoms with E-state index in [2.05, 4.69) is 20.5 Å². The number of thiazole rings is 1. The minimum absolute atomic E-state index is 0. The van der Waals surface area contributed by atoms with E-state index in [1.54, 1.807) is 22.7 Å². The van der Waals surface area contributed by atoms with E-state index in [0.717, 1.165) is 58.4 Å². The van der Waals surface area contributed by atoms with Crippen LogP contribution in [0.5, 0.6) is 0 Å². The molecule has 5 heterocycles. The number of pyridine rings is 1. The number of aromatic nitrogens is 2. The SMILES string of the molecule is O=C(CCN1CCC2(CC2)C1)Nc1sc2c(c1-c1nc3cnccc3s1)CCNC2.[HH].[HH]. The molecule has 0 aromatic carbocycles. The molecule has 0 atom stereocenters. The number of hydrogen-bond acceptors (Lipinski definition) is 7. The summed E-state index contributed by atoms with van der Waals surface area (Å²) >= 11 is 3.39. The molecule has 30 heavy (non-hydrogen) atoms. The topological polar surface area (TPSA) is 70.2 Å². The molecule has 0 unspecified atom stereocenters. The molecular weight excluding hydrogens is 414 g/mol. The molecule has 1 amide bonds. The van der Waals surface area contributed by atoms with Crippen molar-refractivity contribution < 1.29 is 7.65 Å². The van der Waals surface area contributed by atoms with Crippen LogP contribution in [0.15, 0.2) is 18.5 Å². The Hall–Kier alpha value is -1.87. The number of hydrogen-bond donors (Lipinski definition) is 2. The maximum atomic E-state index is 12.8. The van der Waals surface area contributed by atoms with Gasteiger partial charge in [0.1, 0.15) is 15.5 Å². The highest BCUT2D eigenvalue weighted by atomic mass is 32.1. The van der Waals surface area contributed by atoms with E-state index >= 15 is 0 Å². The highest BCUT2D eigenvalue weighted by Gasteiger charge is 2.47. The monoisotopic (exact) mass is 443 g/mol. The first-order valence-corrected chi connectivity index (χ1v) is 12.4. The van der Waals surface area contributed by atoms with Gasteiger partial charge >= 0.3 is 0 Å². The number of fused-ring (bicyclic) bond motifs is 2. The van der Waals surface area contributed by atoms with Crippen molar-refractivity contribution in [3.8, 4) is 10.6 Å². The maximum Gasteiger partial charge on any atom is 0.226 e. The molecule has 2 aliphatic heterocycles. The second-order valence-electron chi connectivity index (χ2n) is 8.82. The second-order valence-corrected chi connectivity index (χ2v) is 11.0. The van der Waals surface area contributed by atoms with Crippen LogP contribution in [0.1, 0.15) is 39.0 Å². The van der Waals surface area contributed by atoms with E-state index in [9.17, 15) is 4.79 Å². The molecule has 3 aliphatic rings. The number of amides is 1. The van der Waals surface area contributed by atoms with Gasteiger partial charge in [0.2, 0.25) is 5.91 Å². The molecule has 0 bridgehead atoms. The summed E-state index contributed by atoms with van der Waals surface area (Å²) in [5, 5.41) is 8.65. The van der Waals surface area contributed by atoms with Crippen LogP contribution in [0, 0.1) is 5.41 Å². The first-order chi connectivity index (χ1) is 14.7. The average Bonchev–Trinajstić information content (AvgIpc) is 3.08. The van der Waals surface area contributed by atoms with Crippen molar-refractivity contribution in [1.82, 2.24) is 20.2 Å². The lowest BCUT2D eigenvalue weighted by atomic mass is 10.0. The summed E-state index contributed by atoms with van der Waals surface area (Å²) in [7, 11) is 0. The number of carbonyl (C=O) groups excluding carboxylic acids is 1. The standard InChI is InChI=1S/C22H25N5OS2.2H2/c28-18(3-9-27-10-6-22(13-27)4-5-22)26-21-19(14-1-7-24-12-17(14)30-21)20-25-15-11-23-8-2-16(15)29-20;;/h2,8,11,24H,1,3-7,9-10,12-13H2,(H,26,28);2*1H. The van der Waals surface area contributed by atoms with Crippen molar-refractivity contribution >= 4 is 43.8 Å². The number of nitrogens with one attached hydrogen (secondary N) is 2. The molecule has 8 heteroatoms. The Labute approximate surface area is 186 Å². The van der Waals surface area contributed by atoms with Crippen LogP contribution in [-0.4, -0.2) is 47.0 Å². The van der Waals surface area contributed by atoms with E-state index < -0.39 is 0 Å². The molecule has 1 saturated heterocycles. The van der Waals surface area contributed by atoms with Crippen LogP contribution >= 0.6 is 22.7 Å². The average molecular weight is 444 g/mol. The molecule has 1 saturated carbocycles. The van der Waals surface area contributed by atoms with Crippen molar-refractivity contribution in [2.45, 2.75) is 38.6 Å². The highest BCUT2D eigenvalue weighted by Crippen LogP contribution is 2.52. The Morgan fingerprint density at radius 3 is 3.10 bits per heavy atom. The van der Waals surface area contributed by atoms with Gasteiger partial charge in [0.05, 0.1) is 10.9 Å². The largest absolute Gasteiger partial charge is 0.317 e. The minimum Gasteiger partial charge on any atom is -0.317 e. The number of rotatable bonds is 5. The Morgan fingerprint density at radius 1 is 1.33 bits per heavy atom. The predicted octanol–water partition coefficient (Wildman–Crippen LogP) is 4.37. The van der Waals surface area contributed by atoms with Crippen LogP contribution < -0.4 is 10.6 Å². The number of nitrogens with zero attached hydrogens (tertiary/aromatic N) is 3. The van der Waals surface area contributed by atoms with Gasteiger partial charge in [0.25, 0.3) is 0 Å². The van der Waals surface area contributed by atoms with E-state index in [1.165, 1.54) is 36.2 Å². The zero-order valence-electron chi connectivity index (χ0n) is 16.9. The summed E-state index contributed by atoms with van der Waals surface area (Å²) in [4.78, 5) is 25.7. The van der Waals surface area contributed by atoms with Gasteiger partial charge in [-0.15, -0.1) is 22.7 Å². The van der Waals surface area contributed by atoms with E-state index in [4.69, 9.17) is 4.98 Å². The van der Waals surface area contributed by atoms with Gasteiger partial charge < -0.3 is 15.5 Å². The highest BCUT2D eigenvalue weighted by molar-refractivity contribution is 7.22. The Balaban J connectivity index is 0.00000122. The number of anilines is 1.